The summed E-state index contributed by atoms with van der Waals surface area (Å²) in [5, 5.41) is 23.8. The lowest BCUT2D eigenvalue weighted by Crippen LogP contribution is -2.17. The Balaban J connectivity index is 1.56. The Bertz CT molecular complexity index is 1060. The minimum atomic E-state index is -0.457. The summed E-state index contributed by atoms with van der Waals surface area (Å²) < 4.78 is 0. The molecule has 0 saturated carbocycles. The Hall–Kier alpha value is -4.33. The predicted octanol–water partition coefficient (Wildman–Crippen LogP) is 3.81. The molecule has 2 N–H and O–H groups in total. The van der Waals surface area contributed by atoms with Crippen molar-refractivity contribution in [1.29, 1.82) is 0 Å². The van der Waals surface area contributed by atoms with Crippen molar-refractivity contribution in [2.75, 3.05) is 0 Å². The number of rotatable bonds is 6. The number of nitrogens with one attached hydrogen (secondary N) is 1. The molecule has 0 atom stereocenters. The summed E-state index contributed by atoms with van der Waals surface area (Å²) in [5.41, 5.74) is 5.05. The maximum absolute atomic E-state index is 11.9. The Labute approximate surface area is 166 Å². The number of carbonyl (C=O) groups excluding carboxylic acids is 1. The molecule has 29 heavy (non-hydrogen) atoms. The number of nitrogens with zero attached hydrogens (tertiary/aromatic N) is 3. The largest absolute Gasteiger partial charge is 0.508 e. The van der Waals surface area contributed by atoms with Gasteiger partial charge in [-0.25, -0.2) is 5.43 Å². The number of hydrazone groups is 1. The van der Waals surface area contributed by atoms with Gasteiger partial charge in [-0.2, -0.15) is 5.10 Å². The Morgan fingerprint density at radius 1 is 0.897 bits per heavy atom. The number of hydrogen-bond donors (Lipinski definition) is 2. The molecule has 0 bridgehead atoms. The number of non-ortho nitro benzene ring substituents is 1. The van der Waals surface area contributed by atoms with Crippen LogP contribution in [0.4, 0.5) is 11.4 Å². The summed E-state index contributed by atoms with van der Waals surface area (Å²) in [6.45, 7) is 0. The van der Waals surface area contributed by atoms with Crippen LogP contribution < -0.4 is 5.43 Å². The first-order valence-electron chi connectivity index (χ1n) is 8.52. The zero-order valence-electron chi connectivity index (χ0n) is 15.1. The van der Waals surface area contributed by atoms with E-state index in [-0.39, 0.29) is 17.3 Å². The molecular weight excluding hydrogens is 372 g/mol. The van der Waals surface area contributed by atoms with Crippen molar-refractivity contribution in [2.24, 2.45) is 10.1 Å². The summed E-state index contributed by atoms with van der Waals surface area (Å²) in [4.78, 5) is 26.4. The van der Waals surface area contributed by atoms with Crippen molar-refractivity contribution < 1.29 is 14.8 Å². The van der Waals surface area contributed by atoms with E-state index >= 15 is 0 Å². The van der Waals surface area contributed by atoms with Crippen LogP contribution in [0.3, 0.4) is 0 Å². The first-order valence-corrected chi connectivity index (χ1v) is 8.52. The van der Waals surface area contributed by atoms with Crippen LogP contribution in [0.25, 0.3) is 0 Å². The first-order chi connectivity index (χ1) is 14.0. The lowest BCUT2D eigenvalue weighted by molar-refractivity contribution is -0.384. The van der Waals surface area contributed by atoms with Gasteiger partial charge in [0, 0.05) is 23.9 Å². The lowest BCUT2D eigenvalue weighted by Gasteiger charge is -2.00. The van der Waals surface area contributed by atoms with Gasteiger partial charge in [0.2, 0.25) is 0 Å². The van der Waals surface area contributed by atoms with Gasteiger partial charge in [-0.15, -0.1) is 0 Å². The molecule has 0 fully saturated rings. The summed E-state index contributed by atoms with van der Waals surface area (Å²) >= 11 is 0. The zero-order valence-corrected chi connectivity index (χ0v) is 15.1. The first kappa shape index (κ1) is 19.4. The molecule has 1 amide bonds. The monoisotopic (exact) mass is 388 g/mol. The highest BCUT2D eigenvalue weighted by molar-refractivity contribution is 5.95. The quantitative estimate of drug-likeness (QED) is 0.379. The van der Waals surface area contributed by atoms with Gasteiger partial charge in [-0.05, 0) is 47.5 Å². The Kier molecular flexibility index (Phi) is 6.06. The van der Waals surface area contributed by atoms with E-state index in [1.165, 1.54) is 42.6 Å². The third-order valence-electron chi connectivity index (χ3n) is 3.87. The smallest absolute Gasteiger partial charge is 0.271 e. The van der Waals surface area contributed by atoms with E-state index in [2.05, 4.69) is 15.5 Å². The van der Waals surface area contributed by atoms with E-state index in [9.17, 15) is 20.0 Å². The van der Waals surface area contributed by atoms with Crippen molar-refractivity contribution in [1.82, 2.24) is 5.43 Å². The number of aliphatic imine (C=N–C) groups is 1. The lowest BCUT2D eigenvalue weighted by atomic mass is 10.1. The second kappa shape index (κ2) is 9.05. The Morgan fingerprint density at radius 3 is 2.07 bits per heavy atom. The number of hydrogen-bond acceptors (Lipinski definition) is 6. The highest BCUT2D eigenvalue weighted by atomic mass is 16.6. The summed E-state index contributed by atoms with van der Waals surface area (Å²) in [5.74, 6) is -0.296. The van der Waals surface area contributed by atoms with E-state index < -0.39 is 4.92 Å². The van der Waals surface area contributed by atoms with Crippen LogP contribution in [-0.4, -0.2) is 28.4 Å². The molecule has 0 radical (unpaired) electrons. The average Bonchev–Trinajstić information content (AvgIpc) is 2.74. The summed E-state index contributed by atoms with van der Waals surface area (Å²) in [6.07, 6.45) is 3.16. The number of nitro groups is 1. The standard InChI is InChI=1S/C21H16N4O4/c26-20-11-5-17(6-12-20)21(27)24-23-14-16-3-1-15(2-4-16)13-22-18-7-9-19(10-8-18)25(28)29/h1-14,26H,(H,24,27). The molecule has 8 heteroatoms. The highest BCUT2D eigenvalue weighted by Gasteiger charge is 2.04. The molecule has 3 rings (SSSR count). The molecule has 8 nitrogen and oxygen atoms in total. The molecule has 0 spiro atoms. The van der Waals surface area contributed by atoms with Crippen LogP contribution >= 0.6 is 0 Å². The fourth-order valence-electron chi connectivity index (χ4n) is 2.32. The van der Waals surface area contributed by atoms with Crippen molar-refractivity contribution in [3.05, 3.63) is 99.6 Å². The number of amides is 1. The topological polar surface area (TPSA) is 117 Å². The van der Waals surface area contributed by atoms with E-state index in [1.54, 1.807) is 18.3 Å². The fourth-order valence-corrected chi connectivity index (χ4v) is 2.32. The zero-order chi connectivity index (χ0) is 20.6. The SMILES string of the molecule is O=C(NN=Cc1ccc(C=Nc2ccc([N+](=O)[O-])cc2)cc1)c1ccc(O)cc1. The van der Waals surface area contributed by atoms with Crippen LogP contribution in [0.15, 0.2) is 82.9 Å². The van der Waals surface area contributed by atoms with Gasteiger partial charge >= 0.3 is 0 Å². The molecule has 0 aliphatic carbocycles. The number of benzene rings is 3. The molecule has 3 aromatic carbocycles. The van der Waals surface area contributed by atoms with E-state index in [0.717, 1.165) is 11.1 Å². The molecule has 0 aliphatic heterocycles. The van der Waals surface area contributed by atoms with Crippen molar-refractivity contribution in [3.63, 3.8) is 0 Å². The molecule has 0 heterocycles. The summed E-state index contributed by atoms with van der Waals surface area (Å²) in [7, 11) is 0. The molecule has 0 saturated heterocycles. The number of aromatic hydroxyl groups is 1. The van der Waals surface area contributed by atoms with Gasteiger partial charge in [0.1, 0.15) is 5.75 Å². The highest BCUT2D eigenvalue weighted by Crippen LogP contribution is 2.17. The second-order valence-corrected chi connectivity index (χ2v) is 5.94. The summed E-state index contributed by atoms with van der Waals surface area (Å²) in [6, 6.07) is 19.1. The second-order valence-electron chi connectivity index (χ2n) is 5.94. The molecule has 0 aliphatic rings. The number of nitro benzene ring substituents is 1. The van der Waals surface area contributed by atoms with E-state index in [0.29, 0.717) is 11.3 Å². The van der Waals surface area contributed by atoms with Crippen LogP contribution in [-0.2, 0) is 0 Å². The molecule has 144 valence electrons. The molecule has 0 aromatic heterocycles. The number of carbonyl (C=O) groups is 1. The molecule has 0 unspecified atom stereocenters. The third-order valence-corrected chi connectivity index (χ3v) is 3.87. The van der Waals surface area contributed by atoms with Gasteiger partial charge in [-0.1, -0.05) is 24.3 Å². The van der Waals surface area contributed by atoms with Crippen LogP contribution in [0.5, 0.6) is 5.75 Å². The fraction of sp³-hybridized carbons (Fsp3) is 0. The third kappa shape index (κ3) is 5.57. The van der Waals surface area contributed by atoms with Crippen LogP contribution in [0, 0.1) is 10.1 Å². The van der Waals surface area contributed by atoms with Gasteiger partial charge in [-0.3, -0.25) is 19.9 Å². The van der Waals surface area contributed by atoms with E-state index in [1.807, 2.05) is 24.3 Å². The van der Waals surface area contributed by atoms with Gasteiger partial charge in [0.05, 0.1) is 16.8 Å². The van der Waals surface area contributed by atoms with E-state index in [4.69, 9.17) is 0 Å². The van der Waals surface area contributed by atoms with Crippen molar-refractivity contribution in [3.8, 4) is 5.75 Å². The number of phenolic OH excluding ortho intramolecular Hbond substituents is 1. The minimum Gasteiger partial charge on any atom is -0.508 e. The van der Waals surface area contributed by atoms with Crippen LogP contribution in [0.1, 0.15) is 21.5 Å². The number of phenols is 1. The normalized spacial score (nSPS) is 11.0. The van der Waals surface area contributed by atoms with Gasteiger partial charge < -0.3 is 5.11 Å². The van der Waals surface area contributed by atoms with Crippen LogP contribution in [0.2, 0.25) is 0 Å². The minimum absolute atomic E-state index is 0.0186. The molecule has 3 aromatic rings. The van der Waals surface area contributed by atoms with Crippen molar-refractivity contribution in [2.45, 2.75) is 0 Å². The maximum Gasteiger partial charge on any atom is 0.271 e. The average molecular weight is 388 g/mol. The Morgan fingerprint density at radius 2 is 1.48 bits per heavy atom. The molecular formula is C21H16N4O4. The van der Waals surface area contributed by atoms with Gasteiger partial charge in [0.25, 0.3) is 11.6 Å². The maximum atomic E-state index is 11.9. The van der Waals surface area contributed by atoms with Crippen molar-refractivity contribution >= 4 is 29.7 Å². The predicted molar refractivity (Wildman–Crippen MR) is 110 cm³/mol. The van der Waals surface area contributed by atoms with Gasteiger partial charge in [0.15, 0.2) is 0 Å².